The Kier molecular flexibility index (Phi) is 7.53. The van der Waals surface area contributed by atoms with Crippen LogP contribution in [0.2, 0.25) is 0 Å². The van der Waals surface area contributed by atoms with Gasteiger partial charge in [0.25, 0.3) is 0 Å². The smallest absolute Gasteiger partial charge is 0.0541 e. The monoisotopic (exact) mass is 712 g/mol. The highest BCUT2D eigenvalue weighted by molar-refractivity contribution is 6.13. The van der Waals surface area contributed by atoms with Gasteiger partial charge in [-0.25, -0.2) is 0 Å². The van der Waals surface area contributed by atoms with Gasteiger partial charge in [-0.1, -0.05) is 170 Å². The first kappa shape index (κ1) is 32.0. The van der Waals surface area contributed by atoms with E-state index in [4.69, 9.17) is 0 Å². The summed E-state index contributed by atoms with van der Waals surface area (Å²) in [6.07, 6.45) is 0. The van der Waals surface area contributed by atoms with Crippen LogP contribution in [0.15, 0.2) is 218 Å². The van der Waals surface area contributed by atoms with Crippen molar-refractivity contribution in [1.82, 2.24) is 9.13 Å². The molecule has 56 heavy (non-hydrogen) atoms. The van der Waals surface area contributed by atoms with Gasteiger partial charge in [-0.3, -0.25) is 0 Å². The first-order chi connectivity index (χ1) is 27.8. The molecule has 0 atom stereocenters. The molecule has 2 nitrogen and oxygen atoms in total. The summed E-state index contributed by atoms with van der Waals surface area (Å²) in [6.45, 7) is 0. The molecule has 0 N–H and O–H groups in total. The van der Waals surface area contributed by atoms with E-state index in [-0.39, 0.29) is 0 Å². The van der Waals surface area contributed by atoms with E-state index in [1.165, 1.54) is 99.5 Å². The zero-order valence-corrected chi connectivity index (χ0v) is 30.7. The largest absolute Gasteiger partial charge is 0.309 e. The van der Waals surface area contributed by atoms with Crippen LogP contribution < -0.4 is 0 Å². The Morgan fingerprint density at radius 1 is 0.214 bits per heavy atom. The predicted octanol–water partition coefficient (Wildman–Crippen LogP) is 14.5. The number of aromatic nitrogens is 2. The minimum Gasteiger partial charge on any atom is -0.309 e. The van der Waals surface area contributed by atoms with Gasteiger partial charge in [0.05, 0.1) is 33.4 Å². The summed E-state index contributed by atoms with van der Waals surface area (Å²) in [5.41, 5.74) is 16.8. The van der Waals surface area contributed by atoms with Crippen molar-refractivity contribution in [2.75, 3.05) is 0 Å². The predicted molar refractivity (Wildman–Crippen MR) is 237 cm³/mol. The second kappa shape index (κ2) is 13.2. The van der Waals surface area contributed by atoms with Gasteiger partial charge in [-0.15, -0.1) is 0 Å². The number of hydrogen-bond donors (Lipinski definition) is 0. The Hall–Kier alpha value is -7.42. The Bertz CT molecular complexity index is 3020. The summed E-state index contributed by atoms with van der Waals surface area (Å²) in [5.74, 6) is 0. The molecule has 0 aliphatic carbocycles. The number of rotatable bonds is 6. The van der Waals surface area contributed by atoms with Gasteiger partial charge >= 0.3 is 0 Å². The Labute approximate surface area is 325 Å². The van der Waals surface area contributed by atoms with Gasteiger partial charge in [-0.05, 0) is 81.9 Å². The summed E-state index contributed by atoms with van der Waals surface area (Å²) in [6, 6.07) is 79.3. The van der Waals surface area contributed by atoms with Crippen LogP contribution in [-0.4, -0.2) is 9.13 Å². The van der Waals surface area contributed by atoms with Crippen LogP contribution in [0.1, 0.15) is 0 Å². The summed E-state index contributed by atoms with van der Waals surface area (Å²) in [7, 11) is 0. The maximum atomic E-state index is 2.43. The third-order valence-electron chi connectivity index (χ3n) is 11.4. The van der Waals surface area contributed by atoms with Crippen LogP contribution in [0.3, 0.4) is 0 Å². The Morgan fingerprint density at radius 2 is 0.554 bits per heavy atom. The molecule has 2 aromatic heterocycles. The SMILES string of the molecule is c1ccc(-c2ccccc2-n2c3ccccc3c3cc(-c4ccccc4-c4ccc5c(c4)c4ccccc4n5-c4ccccc4-c4ccccc4)ccc32)cc1. The molecule has 0 bridgehead atoms. The fourth-order valence-corrected chi connectivity index (χ4v) is 8.85. The number of fused-ring (bicyclic) bond motifs is 6. The minimum atomic E-state index is 1.18. The summed E-state index contributed by atoms with van der Waals surface area (Å²) >= 11 is 0. The molecule has 11 aromatic rings. The molecule has 0 fully saturated rings. The van der Waals surface area contributed by atoms with Gasteiger partial charge in [0.15, 0.2) is 0 Å². The fraction of sp³-hybridized carbons (Fsp3) is 0. The van der Waals surface area contributed by atoms with Crippen molar-refractivity contribution in [2.24, 2.45) is 0 Å². The van der Waals surface area contributed by atoms with Crippen LogP contribution in [0.25, 0.3) is 99.5 Å². The molecular formula is C54H36N2. The molecule has 0 amide bonds. The average Bonchev–Trinajstić information content (AvgIpc) is 3.79. The lowest BCUT2D eigenvalue weighted by atomic mass is 9.93. The van der Waals surface area contributed by atoms with E-state index < -0.39 is 0 Å². The number of benzene rings is 9. The fourth-order valence-electron chi connectivity index (χ4n) is 8.85. The zero-order chi connectivity index (χ0) is 37.0. The number of nitrogens with zero attached hydrogens (tertiary/aromatic N) is 2. The van der Waals surface area contributed by atoms with E-state index in [1.54, 1.807) is 0 Å². The third-order valence-corrected chi connectivity index (χ3v) is 11.4. The molecule has 2 heterocycles. The molecule has 262 valence electrons. The highest BCUT2D eigenvalue weighted by Gasteiger charge is 2.19. The quantitative estimate of drug-likeness (QED) is 0.162. The van der Waals surface area contributed by atoms with Gasteiger partial charge in [0, 0.05) is 32.7 Å². The van der Waals surface area contributed by atoms with Crippen molar-refractivity contribution in [3.63, 3.8) is 0 Å². The van der Waals surface area contributed by atoms with Crippen LogP contribution in [0.4, 0.5) is 0 Å². The lowest BCUT2D eigenvalue weighted by Gasteiger charge is -2.15. The lowest BCUT2D eigenvalue weighted by Crippen LogP contribution is -1.97. The summed E-state index contributed by atoms with van der Waals surface area (Å²) in [4.78, 5) is 0. The molecule has 11 rings (SSSR count). The van der Waals surface area contributed by atoms with Crippen LogP contribution in [0.5, 0.6) is 0 Å². The van der Waals surface area contributed by atoms with E-state index in [9.17, 15) is 0 Å². The minimum absolute atomic E-state index is 1.18. The second-order valence-corrected chi connectivity index (χ2v) is 14.5. The topological polar surface area (TPSA) is 9.86 Å². The molecule has 0 saturated carbocycles. The highest BCUT2D eigenvalue weighted by atomic mass is 15.0. The molecule has 0 spiro atoms. The van der Waals surface area contributed by atoms with Crippen molar-refractivity contribution in [2.45, 2.75) is 0 Å². The first-order valence-corrected chi connectivity index (χ1v) is 19.3. The van der Waals surface area contributed by atoms with Crippen LogP contribution in [0, 0.1) is 0 Å². The lowest BCUT2D eigenvalue weighted by molar-refractivity contribution is 1.18. The molecule has 0 saturated heterocycles. The summed E-state index contributed by atoms with van der Waals surface area (Å²) < 4.78 is 4.87. The number of para-hydroxylation sites is 4. The first-order valence-electron chi connectivity index (χ1n) is 19.3. The standard InChI is InChI=1S/C54H36N2/c1-3-17-37(18-4-1)43-23-9-13-27-49(43)55-51-29-15-11-25-45(51)47-35-39(31-33-53(47)55)41-21-7-8-22-42(41)40-32-34-54-48(36-40)46-26-12-16-30-52(46)56(54)50-28-14-10-24-44(50)38-19-5-2-6-20-38/h1-36H. The Balaban J connectivity index is 1.08. The second-order valence-electron chi connectivity index (χ2n) is 14.5. The molecular weight excluding hydrogens is 677 g/mol. The van der Waals surface area contributed by atoms with Gasteiger partial charge < -0.3 is 9.13 Å². The average molecular weight is 713 g/mol. The molecule has 0 aliphatic rings. The maximum absolute atomic E-state index is 2.43. The molecule has 0 radical (unpaired) electrons. The van der Waals surface area contributed by atoms with Gasteiger partial charge in [-0.2, -0.15) is 0 Å². The van der Waals surface area contributed by atoms with E-state index >= 15 is 0 Å². The maximum Gasteiger partial charge on any atom is 0.0541 e. The highest BCUT2D eigenvalue weighted by Crippen LogP contribution is 2.42. The van der Waals surface area contributed by atoms with Gasteiger partial charge in [0.2, 0.25) is 0 Å². The van der Waals surface area contributed by atoms with Crippen molar-refractivity contribution in [3.05, 3.63) is 218 Å². The molecule has 0 aliphatic heterocycles. The molecule has 0 unspecified atom stereocenters. The number of hydrogen-bond acceptors (Lipinski definition) is 0. The van der Waals surface area contributed by atoms with E-state index in [1.807, 2.05) is 0 Å². The van der Waals surface area contributed by atoms with E-state index in [0.29, 0.717) is 0 Å². The van der Waals surface area contributed by atoms with Gasteiger partial charge in [0.1, 0.15) is 0 Å². The third kappa shape index (κ3) is 5.11. The van der Waals surface area contributed by atoms with E-state index in [0.717, 1.165) is 0 Å². The van der Waals surface area contributed by atoms with E-state index in [2.05, 4.69) is 228 Å². The van der Waals surface area contributed by atoms with Crippen molar-refractivity contribution in [3.8, 4) is 55.9 Å². The molecule has 9 aromatic carbocycles. The van der Waals surface area contributed by atoms with Crippen molar-refractivity contribution >= 4 is 43.6 Å². The zero-order valence-electron chi connectivity index (χ0n) is 30.7. The Morgan fingerprint density at radius 3 is 1.00 bits per heavy atom. The summed E-state index contributed by atoms with van der Waals surface area (Å²) in [5, 5.41) is 4.97. The molecule has 2 heteroatoms. The van der Waals surface area contributed by atoms with Crippen LogP contribution >= 0.6 is 0 Å². The van der Waals surface area contributed by atoms with Crippen molar-refractivity contribution < 1.29 is 0 Å². The normalized spacial score (nSPS) is 11.6. The van der Waals surface area contributed by atoms with Crippen LogP contribution in [-0.2, 0) is 0 Å². The van der Waals surface area contributed by atoms with Crippen molar-refractivity contribution in [1.29, 1.82) is 0 Å².